The highest BCUT2D eigenvalue weighted by atomic mass is 19.4. The molecule has 1 N–H and O–H groups in total. The van der Waals surface area contributed by atoms with Crippen molar-refractivity contribution in [3.63, 3.8) is 0 Å². The predicted octanol–water partition coefficient (Wildman–Crippen LogP) is 4.48. The van der Waals surface area contributed by atoms with E-state index in [-0.39, 0.29) is 6.04 Å². The lowest BCUT2D eigenvalue weighted by Gasteiger charge is -2.23. The summed E-state index contributed by atoms with van der Waals surface area (Å²) in [6.45, 7) is 2.15. The van der Waals surface area contributed by atoms with Crippen molar-refractivity contribution < 1.29 is 13.2 Å². The van der Waals surface area contributed by atoms with Crippen LogP contribution in [-0.2, 0) is 6.18 Å². The van der Waals surface area contributed by atoms with E-state index < -0.39 is 11.7 Å². The molecule has 2 nitrogen and oxygen atoms in total. The second-order valence-corrected chi connectivity index (χ2v) is 5.29. The maximum Gasteiger partial charge on any atom is 0.416 e. The monoisotopic (exact) mass is 272 g/mol. The van der Waals surface area contributed by atoms with Gasteiger partial charge in [0.15, 0.2) is 0 Å². The van der Waals surface area contributed by atoms with Crippen LogP contribution < -0.4 is 5.32 Å². The van der Waals surface area contributed by atoms with Crippen LogP contribution in [0.15, 0.2) is 18.3 Å². The molecule has 1 aromatic heterocycles. The van der Waals surface area contributed by atoms with Crippen LogP contribution >= 0.6 is 0 Å². The molecule has 1 fully saturated rings. The van der Waals surface area contributed by atoms with Crippen LogP contribution in [0.3, 0.4) is 0 Å². The van der Waals surface area contributed by atoms with Crippen LogP contribution in [0.1, 0.15) is 44.6 Å². The summed E-state index contributed by atoms with van der Waals surface area (Å²) in [6.07, 6.45) is 2.56. The van der Waals surface area contributed by atoms with E-state index in [0.29, 0.717) is 11.7 Å². The lowest BCUT2D eigenvalue weighted by molar-refractivity contribution is -0.137. The van der Waals surface area contributed by atoms with Crippen molar-refractivity contribution in [3.05, 3.63) is 23.9 Å². The Morgan fingerprint density at radius 2 is 1.95 bits per heavy atom. The Hall–Kier alpha value is -1.26. The normalized spacial score (nSPS) is 24.8. The van der Waals surface area contributed by atoms with Gasteiger partial charge in [-0.1, -0.05) is 26.2 Å². The maximum atomic E-state index is 12.6. The number of nitrogens with zero attached hydrogens (tertiary/aromatic N) is 1. The van der Waals surface area contributed by atoms with Gasteiger partial charge in [0.25, 0.3) is 0 Å². The number of hydrogen-bond donors (Lipinski definition) is 1. The summed E-state index contributed by atoms with van der Waals surface area (Å²) in [4.78, 5) is 4.00. The fourth-order valence-electron chi connectivity index (χ4n) is 2.58. The van der Waals surface area contributed by atoms with Crippen LogP contribution in [0.5, 0.6) is 0 Å². The number of alkyl halides is 3. The molecule has 0 spiro atoms. The number of pyridine rings is 1. The van der Waals surface area contributed by atoms with E-state index in [1.807, 2.05) is 0 Å². The summed E-state index contributed by atoms with van der Waals surface area (Å²) >= 11 is 0. The minimum Gasteiger partial charge on any atom is -0.367 e. The first-order valence-electron chi connectivity index (χ1n) is 6.76. The summed E-state index contributed by atoms with van der Waals surface area (Å²) in [5.41, 5.74) is -0.647. The first-order valence-corrected chi connectivity index (χ1v) is 6.76. The molecule has 1 aliphatic carbocycles. The quantitative estimate of drug-likeness (QED) is 0.803. The van der Waals surface area contributed by atoms with E-state index in [1.165, 1.54) is 19.0 Å². The van der Waals surface area contributed by atoms with Gasteiger partial charge in [0, 0.05) is 12.2 Å². The summed E-state index contributed by atoms with van der Waals surface area (Å²) in [5.74, 6) is 0.799. The molecule has 1 aromatic rings. The molecule has 0 aromatic carbocycles. The Bertz CT molecular complexity index is 417. The van der Waals surface area contributed by atoms with Crippen molar-refractivity contribution in [3.8, 4) is 0 Å². The van der Waals surface area contributed by atoms with E-state index >= 15 is 0 Å². The Labute approximate surface area is 111 Å². The van der Waals surface area contributed by atoms with Gasteiger partial charge >= 0.3 is 6.18 Å². The minimum absolute atomic E-state index is 0.221. The van der Waals surface area contributed by atoms with Crippen molar-refractivity contribution in [1.82, 2.24) is 4.98 Å². The molecule has 5 heteroatoms. The third-order valence-electron chi connectivity index (χ3n) is 3.78. The van der Waals surface area contributed by atoms with Gasteiger partial charge in [0.05, 0.1) is 5.56 Å². The number of aromatic nitrogens is 1. The Morgan fingerprint density at radius 1 is 1.21 bits per heavy atom. The van der Waals surface area contributed by atoms with E-state index in [9.17, 15) is 13.2 Å². The van der Waals surface area contributed by atoms with Gasteiger partial charge in [-0.15, -0.1) is 0 Å². The molecule has 2 atom stereocenters. The Balaban J connectivity index is 2.09. The largest absolute Gasteiger partial charge is 0.416 e. The zero-order valence-corrected chi connectivity index (χ0v) is 11.0. The molecule has 0 bridgehead atoms. The van der Waals surface area contributed by atoms with Gasteiger partial charge in [-0.25, -0.2) is 4.98 Å². The van der Waals surface area contributed by atoms with Crippen LogP contribution in [0, 0.1) is 5.92 Å². The zero-order chi connectivity index (χ0) is 13.9. The number of halogens is 3. The molecule has 106 valence electrons. The molecule has 0 radical (unpaired) electrons. The summed E-state index contributed by atoms with van der Waals surface area (Å²) < 4.78 is 37.9. The number of rotatable bonds is 2. The smallest absolute Gasteiger partial charge is 0.367 e. The summed E-state index contributed by atoms with van der Waals surface area (Å²) in [7, 11) is 0. The highest BCUT2D eigenvalue weighted by molar-refractivity contribution is 5.39. The first-order chi connectivity index (χ1) is 8.97. The van der Waals surface area contributed by atoms with E-state index in [0.717, 1.165) is 31.4 Å². The molecule has 1 heterocycles. The maximum absolute atomic E-state index is 12.6. The van der Waals surface area contributed by atoms with E-state index in [4.69, 9.17) is 0 Å². The van der Waals surface area contributed by atoms with Gasteiger partial charge in [-0.2, -0.15) is 13.2 Å². The van der Waals surface area contributed by atoms with Crippen LogP contribution in [-0.4, -0.2) is 11.0 Å². The Morgan fingerprint density at radius 3 is 2.68 bits per heavy atom. The molecule has 2 unspecified atom stereocenters. The van der Waals surface area contributed by atoms with Crippen molar-refractivity contribution in [1.29, 1.82) is 0 Å². The molecular weight excluding hydrogens is 253 g/mol. The van der Waals surface area contributed by atoms with E-state index in [2.05, 4.69) is 17.2 Å². The topological polar surface area (TPSA) is 24.9 Å². The van der Waals surface area contributed by atoms with Crippen molar-refractivity contribution >= 4 is 5.82 Å². The zero-order valence-electron chi connectivity index (χ0n) is 11.0. The minimum atomic E-state index is -4.31. The van der Waals surface area contributed by atoms with Crippen molar-refractivity contribution in [2.45, 2.75) is 51.2 Å². The fraction of sp³-hybridized carbons (Fsp3) is 0.643. The molecule has 1 aliphatic rings. The number of nitrogens with one attached hydrogen (secondary N) is 1. The van der Waals surface area contributed by atoms with Crippen molar-refractivity contribution in [2.75, 3.05) is 5.32 Å². The molecule has 0 aliphatic heterocycles. The van der Waals surface area contributed by atoms with Crippen molar-refractivity contribution in [2.24, 2.45) is 5.92 Å². The van der Waals surface area contributed by atoms with Crippen LogP contribution in [0.25, 0.3) is 0 Å². The summed E-state index contributed by atoms with van der Waals surface area (Å²) in [6, 6.07) is 2.32. The fourth-order valence-corrected chi connectivity index (χ4v) is 2.58. The SMILES string of the molecule is CC1CCCCCC1Nc1cc(C(F)(F)F)ccn1. The van der Waals surface area contributed by atoms with Gasteiger partial charge < -0.3 is 5.32 Å². The molecule has 0 amide bonds. The standard InChI is InChI=1S/C14H19F3N2/c1-10-5-3-2-4-6-12(10)19-13-9-11(7-8-18-13)14(15,16)17/h7-10,12H,2-6H2,1H3,(H,18,19). The van der Waals surface area contributed by atoms with Gasteiger partial charge in [-0.3, -0.25) is 0 Å². The highest BCUT2D eigenvalue weighted by Gasteiger charge is 2.31. The second kappa shape index (κ2) is 5.80. The average Bonchev–Trinajstić information content (AvgIpc) is 2.54. The van der Waals surface area contributed by atoms with Crippen LogP contribution in [0.2, 0.25) is 0 Å². The first kappa shape index (κ1) is 14.2. The molecule has 0 saturated heterocycles. The molecular formula is C14H19F3N2. The Kier molecular flexibility index (Phi) is 4.32. The molecule has 2 rings (SSSR count). The van der Waals surface area contributed by atoms with Crippen LogP contribution in [0.4, 0.5) is 19.0 Å². The van der Waals surface area contributed by atoms with Gasteiger partial charge in [0.1, 0.15) is 5.82 Å². The van der Waals surface area contributed by atoms with E-state index in [1.54, 1.807) is 0 Å². The third kappa shape index (κ3) is 3.85. The third-order valence-corrected chi connectivity index (χ3v) is 3.78. The number of anilines is 1. The lowest BCUT2D eigenvalue weighted by atomic mass is 9.97. The van der Waals surface area contributed by atoms with Gasteiger partial charge in [-0.05, 0) is 30.9 Å². The molecule has 1 saturated carbocycles. The lowest BCUT2D eigenvalue weighted by Crippen LogP contribution is -2.26. The average molecular weight is 272 g/mol. The van der Waals surface area contributed by atoms with Gasteiger partial charge in [0.2, 0.25) is 0 Å². The highest BCUT2D eigenvalue weighted by Crippen LogP contribution is 2.31. The molecule has 19 heavy (non-hydrogen) atoms. The number of hydrogen-bond acceptors (Lipinski definition) is 2. The second-order valence-electron chi connectivity index (χ2n) is 5.29. The summed E-state index contributed by atoms with van der Waals surface area (Å²) in [5, 5.41) is 3.17. The predicted molar refractivity (Wildman–Crippen MR) is 68.9 cm³/mol.